The van der Waals surface area contributed by atoms with Gasteiger partial charge in [0.25, 0.3) is 5.91 Å². The lowest BCUT2D eigenvalue weighted by molar-refractivity contribution is -0.123. The fraction of sp³-hybridized carbons (Fsp3) is 0.467. The molecule has 0 radical (unpaired) electrons. The van der Waals surface area contributed by atoms with Crippen LogP contribution in [0, 0.1) is 0 Å². The molecule has 0 unspecified atom stereocenters. The lowest BCUT2D eigenvalue weighted by atomic mass is 10.1. The SMILES string of the molecule is CNC(=O)[C@@H]1CN(C(=O)c2cccc(N(C)C)c2)CCN1. The zero-order chi connectivity index (χ0) is 15.4. The first-order valence-electron chi connectivity index (χ1n) is 7.04. The first-order valence-corrected chi connectivity index (χ1v) is 7.04. The summed E-state index contributed by atoms with van der Waals surface area (Å²) in [5.41, 5.74) is 1.64. The molecule has 0 saturated carbocycles. The summed E-state index contributed by atoms with van der Waals surface area (Å²) in [5, 5.41) is 5.73. The van der Waals surface area contributed by atoms with Crippen molar-refractivity contribution < 1.29 is 9.59 Å². The number of benzene rings is 1. The summed E-state index contributed by atoms with van der Waals surface area (Å²) in [7, 11) is 5.48. The van der Waals surface area contributed by atoms with E-state index in [1.54, 1.807) is 11.9 Å². The molecule has 0 bridgehead atoms. The minimum Gasteiger partial charge on any atom is -0.378 e. The van der Waals surface area contributed by atoms with E-state index in [-0.39, 0.29) is 17.9 Å². The molecule has 0 spiro atoms. The Morgan fingerprint density at radius 3 is 2.81 bits per heavy atom. The lowest BCUT2D eigenvalue weighted by Crippen LogP contribution is -2.57. The number of piperazine rings is 1. The van der Waals surface area contributed by atoms with Gasteiger partial charge in [0.15, 0.2) is 0 Å². The van der Waals surface area contributed by atoms with E-state index in [1.807, 2.05) is 43.3 Å². The van der Waals surface area contributed by atoms with E-state index in [4.69, 9.17) is 0 Å². The number of carbonyl (C=O) groups excluding carboxylic acids is 2. The molecule has 2 amide bonds. The van der Waals surface area contributed by atoms with Gasteiger partial charge < -0.3 is 20.4 Å². The van der Waals surface area contributed by atoms with Crippen molar-refractivity contribution in [3.8, 4) is 0 Å². The number of nitrogens with zero attached hydrogens (tertiary/aromatic N) is 2. The molecule has 1 aliphatic heterocycles. The van der Waals surface area contributed by atoms with Gasteiger partial charge in [-0.25, -0.2) is 0 Å². The largest absolute Gasteiger partial charge is 0.378 e. The highest BCUT2D eigenvalue weighted by atomic mass is 16.2. The molecule has 1 atom stereocenters. The Hall–Kier alpha value is -2.08. The number of likely N-dealkylation sites (N-methyl/N-ethyl adjacent to an activating group) is 1. The maximum atomic E-state index is 12.6. The molecule has 1 heterocycles. The van der Waals surface area contributed by atoms with E-state index in [9.17, 15) is 9.59 Å². The topological polar surface area (TPSA) is 64.7 Å². The van der Waals surface area contributed by atoms with Crippen LogP contribution in [-0.4, -0.2) is 63.5 Å². The molecular formula is C15H22N4O2. The van der Waals surface area contributed by atoms with Gasteiger partial charge in [0, 0.05) is 52.0 Å². The number of rotatable bonds is 3. The zero-order valence-electron chi connectivity index (χ0n) is 12.7. The minimum atomic E-state index is -0.343. The van der Waals surface area contributed by atoms with Gasteiger partial charge in [-0.05, 0) is 18.2 Å². The van der Waals surface area contributed by atoms with Crippen LogP contribution in [0.4, 0.5) is 5.69 Å². The van der Waals surface area contributed by atoms with Crippen molar-refractivity contribution >= 4 is 17.5 Å². The van der Waals surface area contributed by atoms with Crippen LogP contribution in [-0.2, 0) is 4.79 Å². The molecule has 1 aliphatic rings. The molecule has 0 aliphatic carbocycles. The normalized spacial score (nSPS) is 18.2. The van der Waals surface area contributed by atoms with Crippen LogP contribution in [0.2, 0.25) is 0 Å². The van der Waals surface area contributed by atoms with Gasteiger partial charge in [-0.2, -0.15) is 0 Å². The molecule has 114 valence electrons. The third kappa shape index (κ3) is 3.52. The van der Waals surface area contributed by atoms with Crippen molar-refractivity contribution in [3.05, 3.63) is 29.8 Å². The predicted octanol–water partition coefficient (Wildman–Crippen LogP) is -0.0874. The molecule has 2 N–H and O–H groups in total. The summed E-state index contributed by atoms with van der Waals surface area (Å²) in [6.45, 7) is 1.63. The first kappa shape index (κ1) is 15.3. The predicted molar refractivity (Wildman–Crippen MR) is 82.5 cm³/mol. The standard InChI is InChI=1S/C15H22N4O2/c1-16-14(20)13-10-19(8-7-17-13)15(21)11-5-4-6-12(9-11)18(2)3/h4-6,9,13,17H,7-8,10H2,1-3H3,(H,16,20)/t13-/m0/s1. The van der Waals surface area contributed by atoms with Gasteiger partial charge in [-0.1, -0.05) is 6.07 Å². The van der Waals surface area contributed by atoms with Crippen molar-refractivity contribution in [2.75, 3.05) is 45.7 Å². The Bertz CT molecular complexity index is 530. The van der Waals surface area contributed by atoms with Crippen molar-refractivity contribution in [2.24, 2.45) is 0 Å². The Morgan fingerprint density at radius 2 is 2.14 bits per heavy atom. The Morgan fingerprint density at radius 1 is 1.38 bits per heavy atom. The van der Waals surface area contributed by atoms with Crippen LogP contribution in [0.25, 0.3) is 0 Å². The van der Waals surface area contributed by atoms with Gasteiger partial charge >= 0.3 is 0 Å². The van der Waals surface area contributed by atoms with E-state index in [0.717, 1.165) is 5.69 Å². The van der Waals surface area contributed by atoms with Crippen LogP contribution >= 0.6 is 0 Å². The Labute approximate surface area is 125 Å². The maximum Gasteiger partial charge on any atom is 0.254 e. The number of amides is 2. The summed E-state index contributed by atoms with van der Waals surface area (Å²) in [4.78, 5) is 28.0. The number of hydrogen-bond donors (Lipinski definition) is 2. The quantitative estimate of drug-likeness (QED) is 0.817. The number of anilines is 1. The van der Waals surface area contributed by atoms with Crippen molar-refractivity contribution in [1.82, 2.24) is 15.5 Å². The maximum absolute atomic E-state index is 12.6. The van der Waals surface area contributed by atoms with Crippen LogP contribution in [0.3, 0.4) is 0 Å². The highest BCUT2D eigenvalue weighted by Crippen LogP contribution is 2.16. The summed E-state index contributed by atoms with van der Waals surface area (Å²) in [6, 6.07) is 7.18. The summed E-state index contributed by atoms with van der Waals surface area (Å²) in [6.07, 6.45) is 0. The van der Waals surface area contributed by atoms with Crippen LogP contribution < -0.4 is 15.5 Å². The van der Waals surface area contributed by atoms with Gasteiger partial charge in [0.2, 0.25) is 5.91 Å². The second-order valence-corrected chi connectivity index (χ2v) is 5.32. The summed E-state index contributed by atoms with van der Waals surface area (Å²) >= 11 is 0. The first-order chi connectivity index (χ1) is 10.0. The Balaban J connectivity index is 2.12. The number of nitrogens with one attached hydrogen (secondary N) is 2. The molecule has 0 aromatic heterocycles. The molecule has 6 heteroatoms. The van der Waals surface area contributed by atoms with E-state index in [0.29, 0.717) is 25.2 Å². The molecule has 1 aromatic rings. The third-order valence-electron chi connectivity index (χ3n) is 3.64. The minimum absolute atomic E-state index is 0.0332. The summed E-state index contributed by atoms with van der Waals surface area (Å²) < 4.78 is 0. The highest BCUT2D eigenvalue weighted by molar-refractivity contribution is 5.95. The third-order valence-corrected chi connectivity index (χ3v) is 3.64. The van der Waals surface area contributed by atoms with Crippen LogP contribution in [0.15, 0.2) is 24.3 Å². The van der Waals surface area contributed by atoms with Gasteiger partial charge in [-0.3, -0.25) is 9.59 Å². The van der Waals surface area contributed by atoms with Gasteiger partial charge in [-0.15, -0.1) is 0 Å². The molecular weight excluding hydrogens is 268 g/mol. The lowest BCUT2D eigenvalue weighted by Gasteiger charge is -2.33. The molecule has 1 aromatic carbocycles. The average Bonchev–Trinajstić information content (AvgIpc) is 2.53. The second-order valence-electron chi connectivity index (χ2n) is 5.32. The molecule has 2 rings (SSSR count). The Kier molecular flexibility index (Phi) is 4.80. The van der Waals surface area contributed by atoms with E-state index >= 15 is 0 Å². The molecule has 1 saturated heterocycles. The van der Waals surface area contributed by atoms with E-state index < -0.39 is 0 Å². The van der Waals surface area contributed by atoms with Crippen molar-refractivity contribution in [1.29, 1.82) is 0 Å². The highest BCUT2D eigenvalue weighted by Gasteiger charge is 2.27. The fourth-order valence-electron chi connectivity index (χ4n) is 2.38. The van der Waals surface area contributed by atoms with Gasteiger partial charge in [0.05, 0.1) is 0 Å². The fourth-order valence-corrected chi connectivity index (χ4v) is 2.38. The zero-order valence-corrected chi connectivity index (χ0v) is 12.7. The smallest absolute Gasteiger partial charge is 0.254 e. The second kappa shape index (κ2) is 6.58. The number of hydrogen-bond acceptors (Lipinski definition) is 4. The average molecular weight is 290 g/mol. The van der Waals surface area contributed by atoms with Crippen LogP contribution in [0.5, 0.6) is 0 Å². The molecule has 6 nitrogen and oxygen atoms in total. The monoisotopic (exact) mass is 290 g/mol. The van der Waals surface area contributed by atoms with Crippen molar-refractivity contribution in [2.45, 2.75) is 6.04 Å². The van der Waals surface area contributed by atoms with E-state index in [1.165, 1.54) is 0 Å². The molecule has 1 fully saturated rings. The molecule has 21 heavy (non-hydrogen) atoms. The summed E-state index contributed by atoms with van der Waals surface area (Å²) in [5.74, 6) is -0.122. The van der Waals surface area contributed by atoms with Gasteiger partial charge in [0.1, 0.15) is 6.04 Å². The van der Waals surface area contributed by atoms with Crippen LogP contribution in [0.1, 0.15) is 10.4 Å². The van der Waals surface area contributed by atoms with E-state index in [2.05, 4.69) is 10.6 Å². The van der Waals surface area contributed by atoms with Crippen molar-refractivity contribution in [3.63, 3.8) is 0 Å². The number of carbonyl (C=O) groups is 2.